The number of carbonyl (C=O) groups is 2. The van der Waals surface area contributed by atoms with Gasteiger partial charge in [0.1, 0.15) is 6.54 Å². The first kappa shape index (κ1) is 11.4. The van der Waals surface area contributed by atoms with Crippen LogP contribution in [0, 0.1) is 0 Å². The number of nitrogens with one attached hydrogen (secondary N) is 1. The quantitative estimate of drug-likeness (QED) is 0.781. The lowest BCUT2D eigenvalue weighted by atomic mass is 10.4. The minimum atomic E-state index is -1.06. The normalized spacial score (nSPS) is 9.67. The van der Waals surface area contributed by atoms with Gasteiger partial charge in [-0.1, -0.05) is 0 Å². The number of hydrogen-bond donors (Lipinski definition) is 2. The second-order valence-electron chi connectivity index (χ2n) is 2.89. The predicted octanol–water partition coefficient (Wildman–Crippen LogP) is 0.369. The molecule has 0 spiro atoms. The summed E-state index contributed by atoms with van der Waals surface area (Å²) in [5, 5.41) is 12.4. The van der Waals surface area contributed by atoms with Crippen LogP contribution >= 0.6 is 11.3 Å². The predicted molar refractivity (Wildman–Crippen MR) is 54.6 cm³/mol. The van der Waals surface area contributed by atoms with Gasteiger partial charge in [0.05, 0.1) is 17.7 Å². The van der Waals surface area contributed by atoms with Crippen molar-refractivity contribution >= 4 is 23.3 Å². The molecular formula is C8H11N3O3S. The van der Waals surface area contributed by atoms with E-state index in [0.717, 1.165) is 5.69 Å². The van der Waals surface area contributed by atoms with Crippen LogP contribution in [0.1, 0.15) is 5.69 Å². The number of nitrogens with zero attached hydrogens (tertiary/aromatic N) is 2. The Morgan fingerprint density at radius 2 is 2.40 bits per heavy atom. The summed E-state index contributed by atoms with van der Waals surface area (Å²) in [6.45, 7) is -0.00477. The zero-order chi connectivity index (χ0) is 11.3. The summed E-state index contributed by atoms with van der Waals surface area (Å²) >= 11 is 1.45. The van der Waals surface area contributed by atoms with Gasteiger partial charge in [0.25, 0.3) is 0 Å². The van der Waals surface area contributed by atoms with E-state index in [1.165, 1.54) is 16.2 Å². The molecule has 1 aromatic rings. The molecule has 0 aromatic carbocycles. The van der Waals surface area contributed by atoms with Crippen molar-refractivity contribution in [3.05, 3.63) is 16.6 Å². The maximum absolute atomic E-state index is 11.3. The maximum Gasteiger partial charge on any atom is 0.323 e. The maximum atomic E-state index is 11.3. The summed E-state index contributed by atoms with van der Waals surface area (Å²) in [5.74, 6) is -1.06. The van der Waals surface area contributed by atoms with E-state index in [1.54, 1.807) is 12.6 Å². The van der Waals surface area contributed by atoms with Crippen LogP contribution in [0.25, 0.3) is 0 Å². The van der Waals surface area contributed by atoms with Crippen LogP contribution in [-0.4, -0.2) is 40.6 Å². The number of amides is 2. The number of rotatable bonds is 4. The topological polar surface area (TPSA) is 82.5 Å². The molecule has 0 aliphatic rings. The minimum Gasteiger partial charge on any atom is -0.480 e. The van der Waals surface area contributed by atoms with Gasteiger partial charge in [-0.2, -0.15) is 0 Å². The Kier molecular flexibility index (Phi) is 4.04. The molecule has 0 unspecified atom stereocenters. The number of urea groups is 1. The van der Waals surface area contributed by atoms with E-state index in [-0.39, 0.29) is 6.54 Å². The Bertz CT molecular complexity index is 339. The molecule has 82 valence electrons. The molecule has 0 saturated carbocycles. The van der Waals surface area contributed by atoms with E-state index in [4.69, 9.17) is 5.11 Å². The Labute approximate surface area is 90.5 Å². The van der Waals surface area contributed by atoms with Crippen molar-refractivity contribution in [2.75, 3.05) is 13.6 Å². The zero-order valence-electron chi connectivity index (χ0n) is 8.14. The van der Waals surface area contributed by atoms with Gasteiger partial charge in [0.2, 0.25) is 0 Å². The third-order valence-electron chi connectivity index (χ3n) is 1.62. The van der Waals surface area contributed by atoms with E-state index in [9.17, 15) is 9.59 Å². The second-order valence-corrected chi connectivity index (χ2v) is 3.61. The Balaban J connectivity index is 2.36. The monoisotopic (exact) mass is 229 g/mol. The van der Waals surface area contributed by atoms with Gasteiger partial charge in [-0.3, -0.25) is 4.79 Å². The van der Waals surface area contributed by atoms with E-state index in [1.807, 2.05) is 5.38 Å². The third kappa shape index (κ3) is 3.94. The molecule has 1 rings (SSSR count). The molecule has 0 fully saturated rings. The van der Waals surface area contributed by atoms with Crippen molar-refractivity contribution < 1.29 is 14.7 Å². The van der Waals surface area contributed by atoms with Gasteiger partial charge in [-0.05, 0) is 0 Å². The largest absolute Gasteiger partial charge is 0.480 e. The van der Waals surface area contributed by atoms with Crippen molar-refractivity contribution in [1.82, 2.24) is 15.2 Å². The van der Waals surface area contributed by atoms with Gasteiger partial charge in [-0.15, -0.1) is 11.3 Å². The molecule has 0 saturated heterocycles. The molecule has 15 heavy (non-hydrogen) atoms. The van der Waals surface area contributed by atoms with Gasteiger partial charge in [-0.25, -0.2) is 9.78 Å². The van der Waals surface area contributed by atoms with Crippen molar-refractivity contribution in [3.8, 4) is 0 Å². The minimum absolute atomic E-state index is 0.370. The Morgan fingerprint density at radius 1 is 1.67 bits per heavy atom. The van der Waals surface area contributed by atoms with Crippen LogP contribution < -0.4 is 5.32 Å². The fourth-order valence-electron chi connectivity index (χ4n) is 0.917. The van der Waals surface area contributed by atoms with Crippen molar-refractivity contribution in [2.24, 2.45) is 0 Å². The lowest BCUT2D eigenvalue weighted by Gasteiger charge is -2.15. The Morgan fingerprint density at radius 3 is 2.93 bits per heavy atom. The van der Waals surface area contributed by atoms with Gasteiger partial charge < -0.3 is 15.3 Å². The fourth-order valence-corrected chi connectivity index (χ4v) is 1.47. The summed E-state index contributed by atoms with van der Waals surface area (Å²) < 4.78 is 0. The molecule has 2 amide bonds. The van der Waals surface area contributed by atoms with Crippen LogP contribution in [-0.2, 0) is 11.3 Å². The first-order valence-electron chi connectivity index (χ1n) is 4.17. The van der Waals surface area contributed by atoms with E-state index < -0.39 is 12.0 Å². The second kappa shape index (κ2) is 5.30. The summed E-state index contributed by atoms with van der Waals surface area (Å²) in [5.41, 5.74) is 2.46. The van der Waals surface area contributed by atoms with E-state index in [0.29, 0.717) is 6.54 Å². The molecule has 0 radical (unpaired) electrons. The summed E-state index contributed by atoms with van der Waals surface area (Å²) in [7, 11) is 1.58. The van der Waals surface area contributed by atoms with E-state index >= 15 is 0 Å². The average molecular weight is 229 g/mol. The fraction of sp³-hybridized carbons (Fsp3) is 0.375. The molecular weight excluding hydrogens is 218 g/mol. The molecule has 0 bridgehead atoms. The van der Waals surface area contributed by atoms with Crippen molar-refractivity contribution in [2.45, 2.75) is 6.54 Å². The zero-order valence-corrected chi connectivity index (χ0v) is 8.95. The number of carboxylic acid groups (broad SMARTS) is 1. The van der Waals surface area contributed by atoms with Gasteiger partial charge in [0.15, 0.2) is 0 Å². The molecule has 2 N–H and O–H groups in total. The summed E-state index contributed by atoms with van der Waals surface area (Å²) in [6.07, 6.45) is 0. The first-order chi connectivity index (χ1) is 7.09. The van der Waals surface area contributed by atoms with Gasteiger partial charge >= 0.3 is 12.0 Å². The number of carboxylic acids is 1. The standard InChI is InChI=1S/C8H11N3O3S/c1-11(3-6-4-15-5-10-6)8(14)9-2-7(12)13/h4-5H,2-3H2,1H3,(H,9,14)(H,12,13). The van der Waals surface area contributed by atoms with Crippen molar-refractivity contribution in [3.63, 3.8) is 0 Å². The third-order valence-corrected chi connectivity index (χ3v) is 2.26. The highest BCUT2D eigenvalue weighted by Gasteiger charge is 2.10. The highest BCUT2D eigenvalue weighted by atomic mass is 32.1. The molecule has 0 aliphatic heterocycles. The Hall–Kier alpha value is -1.63. The van der Waals surface area contributed by atoms with Crippen molar-refractivity contribution in [1.29, 1.82) is 0 Å². The average Bonchev–Trinajstić information content (AvgIpc) is 2.66. The summed E-state index contributed by atoms with van der Waals surface area (Å²) in [4.78, 5) is 26.9. The van der Waals surface area contributed by atoms with Crippen LogP contribution in [0.4, 0.5) is 4.79 Å². The summed E-state index contributed by atoms with van der Waals surface area (Å²) in [6, 6.07) is -0.426. The van der Waals surface area contributed by atoms with Crippen LogP contribution in [0.15, 0.2) is 10.9 Å². The number of hydrogen-bond acceptors (Lipinski definition) is 4. The van der Waals surface area contributed by atoms with Crippen LogP contribution in [0.2, 0.25) is 0 Å². The smallest absolute Gasteiger partial charge is 0.323 e. The SMILES string of the molecule is CN(Cc1cscn1)C(=O)NCC(=O)O. The lowest BCUT2D eigenvalue weighted by molar-refractivity contribution is -0.135. The number of carbonyl (C=O) groups excluding carboxylic acids is 1. The van der Waals surface area contributed by atoms with Crippen LogP contribution in [0.5, 0.6) is 0 Å². The molecule has 1 heterocycles. The molecule has 1 aromatic heterocycles. The number of thiazole rings is 1. The molecule has 6 nitrogen and oxygen atoms in total. The van der Waals surface area contributed by atoms with Crippen LogP contribution in [0.3, 0.4) is 0 Å². The highest BCUT2D eigenvalue weighted by Crippen LogP contribution is 2.03. The molecule has 0 aliphatic carbocycles. The molecule has 0 atom stereocenters. The first-order valence-corrected chi connectivity index (χ1v) is 5.11. The number of aromatic nitrogens is 1. The highest BCUT2D eigenvalue weighted by molar-refractivity contribution is 7.07. The molecule has 7 heteroatoms. The number of aliphatic carboxylic acids is 1. The van der Waals surface area contributed by atoms with Gasteiger partial charge in [0, 0.05) is 12.4 Å². The lowest BCUT2D eigenvalue weighted by Crippen LogP contribution is -2.39. The van der Waals surface area contributed by atoms with E-state index in [2.05, 4.69) is 10.3 Å².